The van der Waals surface area contributed by atoms with E-state index in [1.54, 1.807) is 0 Å². The van der Waals surface area contributed by atoms with E-state index in [2.05, 4.69) is 28.0 Å². The standard InChI is InChI=1S/C8H15N3S/c1-7(6-12-3)11-5-4-10-8(11)9-2/h4-5,7H,6H2,1-3H3,(H,9,10). The first-order valence-electron chi connectivity index (χ1n) is 3.99. The molecule has 0 radical (unpaired) electrons. The maximum absolute atomic E-state index is 4.18. The Bertz CT molecular complexity index is 234. The van der Waals surface area contributed by atoms with Crippen molar-refractivity contribution in [2.45, 2.75) is 13.0 Å². The molecule has 0 saturated heterocycles. The highest BCUT2D eigenvalue weighted by Crippen LogP contribution is 2.16. The maximum Gasteiger partial charge on any atom is 0.202 e. The number of rotatable bonds is 4. The highest BCUT2D eigenvalue weighted by molar-refractivity contribution is 7.98. The lowest BCUT2D eigenvalue weighted by Crippen LogP contribution is -2.09. The number of nitrogens with one attached hydrogen (secondary N) is 1. The highest BCUT2D eigenvalue weighted by Gasteiger charge is 2.06. The summed E-state index contributed by atoms with van der Waals surface area (Å²) in [6.45, 7) is 2.19. The van der Waals surface area contributed by atoms with Crippen molar-refractivity contribution in [3.63, 3.8) is 0 Å². The second-order valence-corrected chi connectivity index (χ2v) is 3.62. The quantitative estimate of drug-likeness (QED) is 0.776. The van der Waals surface area contributed by atoms with Gasteiger partial charge in [0, 0.05) is 31.2 Å². The number of anilines is 1. The van der Waals surface area contributed by atoms with Crippen LogP contribution in [-0.2, 0) is 0 Å². The second-order valence-electron chi connectivity index (χ2n) is 2.71. The number of aromatic nitrogens is 2. The molecule has 68 valence electrons. The van der Waals surface area contributed by atoms with Crippen molar-refractivity contribution in [1.29, 1.82) is 0 Å². The van der Waals surface area contributed by atoms with Gasteiger partial charge in [-0.15, -0.1) is 0 Å². The van der Waals surface area contributed by atoms with Crippen LogP contribution in [0, 0.1) is 0 Å². The molecule has 1 aromatic rings. The second kappa shape index (κ2) is 4.40. The summed E-state index contributed by atoms with van der Waals surface area (Å²) >= 11 is 1.85. The van der Waals surface area contributed by atoms with Crippen molar-refractivity contribution >= 4 is 17.7 Å². The molecule has 0 fully saturated rings. The molecule has 0 saturated carbocycles. The molecule has 0 bridgehead atoms. The molecule has 3 nitrogen and oxygen atoms in total. The Hall–Kier alpha value is -0.640. The Morgan fingerprint density at radius 3 is 3.08 bits per heavy atom. The molecule has 1 rings (SSSR count). The third-order valence-corrected chi connectivity index (χ3v) is 2.59. The van der Waals surface area contributed by atoms with Crippen molar-refractivity contribution in [3.8, 4) is 0 Å². The number of hydrogen-bond donors (Lipinski definition) is 1. The van der Waals surface area contributed by atoms with Crippen LogP contribution in [-0.4, -0.2) is 28.6 Å². The van der Waals surface area contributed by atoms with Crippen LogP contribution < -0.4 is 5.32 Å². The van der Waals surface area contributed by atoms with E-state index >= 15 is 0 Å². The lowest BCUT2D eigenvalue weighted by Gasteiger charge is -2.14. The van der Waals surface area contributed by atoms with Gasteiger partial charge in [-0.1, -0.05) is 0 Å². The van der Waals surface area contributed by atoms with Gasteiger partial charge in [-0.05, 0) is 13.2 Å². The summed E-state index contributed by atoms with van der Waals surface area (Å²) in [5.41, 5.74) is 0. The predicted molar refractivity (Wildman–Crippen MR) is 54.9 cm³/mol. The van der Waals surface area contributed by atoms with Crippen LogP contribution in [0.1, 0.15) is 13.0 Å². The van der Waals surface area contributed by atoms with Crippen molar-refractivity contribution in [3.05, 3.63) is 12.4 Å². The fraction of sp³-hybridized carbons (Fsp3) is 0.625. The average molecular weight is 185 g/mol. The van der Waals surface area contributed by atoms with Gasteiger partial charge in [-0.25, -0.2) is 4.98 Å². The lowest BCUT2D eigenvalue weighted by atomic mass is 10.4. The van der Waals surface area contributed by atoms with Crippen molar-refractivity contribution in [1.82, 2.24) is 9.55 Å². The lowest BCUT2D eigenvalue weighted by molar-refractivity contribution is 0.616. The average Bonchev–Trinajstić information content (AvgIpc) is 2.51. The van der Waals surface area contributed by atoms with Crippen molar-refractivity contribution in [2.24, 2.45) is 0 Å². The molecule has 1 aromatic heterocycles. The fourth-order valence-corrected chi connectivity index (χ4v) is 1.83. The molecule has 0 amide bonds. The van der Waals surface area contributed by atoms with Gasteiger partial charge in [0.25, 0.3) is 0 Å². The minimum Gasteiger partial charge on any atom is -0.359 e. The highest BCUT2D eigenvalue weighted by atomic mass is 32.2. The summed E-state index contributed by atoms with van der Waals surface area (Å²) in [4.78, 5) is 4.18. The normalized spacial score (nSPS) is 12.9. The third-order valence-electron chi connectivity index (χ3n) is 1.78. The molecule has 1 heterocycles. The monoisotopic (exact) mass is 185 g/mol. The summed E-state index contributed by atoms with van der Waals surface area (Å²) < 4.78 is 2.15. The molecule has 1 N–H and O–H groups in total. The van der Waals surface area contributed by atoms with Gasteiger partial charge >= 0.3 is 0 Å². The van der Waals surface area contributed by atoms with Crippen LogP contribution in [0.2, 0.25) is 0 Å². The summed E-state index contributed by atoms with van der Waals surface area (Å²) in [5, 5.41) is 3.06. The largest absolute Gasteiger partial charge is 0.359 e. The van der Waals surface area contributed by atoms with Crippen LogP contribution in [0.3, 0.4) is 0 Å². The van der Waals surface area contributed by atoms with E-state index in [1.807, 2.05) is 31.2 Å². The van der Waals surface area contributed by atoms with Crippen LogP contribution in [0.5, 0.6) is 0 Å². The molecular weight excluding hydrogens is 170 g/mol. The predicted octanol–water partition coefficient (Wildman–Crippen LogP) is 1.85. The van der Waals surface area contributed by atoms with Gasteiger partial charge in [0.15, 0.2) is 0 Å². The smallest absolute Gasteiger partial charge is 0.202 e. The molecule has 0 spiro atoms. The molecule has 4 heteroatoms. The number of thioether (sulfide) groups is 1. The van der Waals surface area contributed by atoms with E-state index in [9.17, 15) is 0 Å². The van der Waals surface area contributed by atoms with Crippen molar-refractivity contribution < 1.29 is 0 Å². The van der Waals surface area contributed by atoms with E-state index in [0.29, 0.717) is 6.04 Å². The van der Waals surface area contributed by atoms with Gasteiger partial charge in [0.2, 0.25) is 5.95 Å². The van der Waals surface area contributed by atoms with Crippen LogP contribution in [0.15, 0.2) is 12.4 Å². The van der Waals surface area contributed by atoms with Crippen molar-refractivity contribution in [2.75, 3.05) is 24.4 Å². The first-order valence-corrected chi connectivity index (χ1v) is 5.38. The zero-order valence-corrected chi connectivity index (χ0v) is 8.56. The topological polar surface area (TPSA) is 29.9 Å². The fourth-order valence-electron chi connectivity index (χ4n) is 1.18. The number of hydrogen-bond acceptors (Lipinski definition) is 3. The van der Waals surface area contributed by atoms with E-state index in [1.165, 1.54) is 0 Å². The Morgan fingerprint density at radius 2 is 2.50 bits per heavy atom. The van der Waals surface area contributed by atoms with Crippen LogP contribution in [0.25, 0.3) is 0 Å². The van der Waals surface area contributed by atoms with Gasteiger partial charge in [-0.2, -0.15) is 11.8 Å². The zero-order valence-electron chi connectivity index (χ0n) is 7.74. The molecule has 0 aliphatic carbocycles. The maximum atomic E-state index is 4.18. The first-order chi connectivity index (χ1) is 5.79. The third kappa shape index (κ3) is 1.94. The Labute approximate surface area is 77.6 Å². The molecule has 0 aliphatic heterocycles. The summed E-state index contributed by atoms with van der Waals surface area (Å²) in [7, 11) is 1.89. The van der Waals surface area contributed by atoms with E-state index in [0.717, 1.165) is 11.7 Å². The summed E-state index contributed by atoms with van der Waals surface area (Å²) in [6.07, 6.45) is 5.95. The molecule has 0 aliphatic rings. The molecule has 12 heavy (non-hydrogen) atoms. The molecule has 1 unspecified atom stereocenters. The summed E-state index contributed by atoms with van der Waals surface area (Å²) in [6, 6.07) is 0.505. The number of imidazole rings is 1. The van der Waals surface area contributed by atoms with Gasteiger partial charge < -0.3 is 9.88 Å². The zero-order chi connectivity index (χ0) is 8.97. The van der Waals surface area contributed by atoms with Gasteiger partial charge in [-0.3, -0.25) is 0 Å². The van der Waals surface area contributed by atoms with Crippen LogP contribution in [0.4, 0.5) is 5.95 Å². The number of nitrogens with zero attached hydrogens (tertiary/aromatic N) is 2. The van der Waals surface area contributed by atoms with E-state index < -0.39 is 0 Å². The van der Waals surface area contributed by atoms with Gasteiger partial charge in [0.1, 0.15) is 0 Å². The summed E-state index contributed by atoms with van der Waals surface area (Å²) in [5.74, 6) is 2.06. The molecule has 0 aromatic carbocycles. The van der Waals surface area contributed by atoms with Gasteiger partial charge in [0.05, 0.1) is 0 Å². The molecule has 1 atom stereocenters. The minimum atomic E-state index is 0.505. The Morgan fingerprint density at radius 1 is 1.75 bits per heavy atom. The minimum absolute atomic E-state index is 0.505. The SMILES string of the molecule is CNc1nccn1C(C)CSC. The van der Waals surface area contributed by atoms with E-state index in [4.69, 9.17) is 0 Å². The first kappa shape index (κ1) is 9.45. The van der Waals surface area contributed by atoms with E-state index in [-0.39, 0.29) is 0 Å². The molecular formula is C8H15N3S. The Kier molecular flexibility index (Phi) is 3.47. The Balaban J connectivity index is 2.71. The van der Waals surface area contributed by atoms with Crippen LogP contribution >= 0.6 is 11.8 Å².